The fourth-order valence-corrected chi connectivity index (χ4v) is 6.23. The lowest BCUT2D eigenvalue weighted by molar-refractivity contribution is -0.138. The van der Waals surface area contributed by atoms with Gasteiger partial charge in [-0.3, -0.25) is 19.3 Å². The van der Waals surface area contributed by atoms with Crippen molar-refractivity contribution < 1.29 is 19.1 Å². The number of carbonyl (C=O) groups is 3. The molecule has 0 radical (unpaired) electrons. The number of nitrogens with zero attached hydrogens (tertiary/aromatic N) is 3. The van der Waals surface area contributed by atoms with Gasteiger partial charge in [0.15, 0.2) is 5.78 Å². The Hall–Kier alpha value is -2.45. The molecule has 8 nitrogen and oxygen atoms in total. The van der Waals surface area contributed by atoms with Gasteiger partial charge in [-0.15, -0.1) is 0 Å². The van der Waals surface area contributed by atoms with Crippen molar-refractivity contribution in [3.63, 3.8) is 0 Å². The Morgan fingerprint density at radius 1 is 1.05 bits per heavy atom. The third-order valence-corrected chi connectivity index (χ3v) is 8.06. The summed E-state index contributed by atoms with van der Waals surface area (Å²) >= 11 is 0. The molecule has 1 unspecified atom stereocenters. The second-order valence-corrected chi connectivity index (χ2v) is 12.4. The van der Waals surface area contributed by atoms with Crippen molar-refractivity contribution in [1.82, 2.24) is 15.1 Å². The number of benzene rings is 1. The Morgan fingerprint density at radius 2 is 1.74 bits per heavy atom. The maximum atomic E-state index is 13.9. The standard InChI is InChI=1S/C30H46N4O4/c1-6-8-22-19-34(26-25(35)20-38-27(22)26)29(37)24(18-30(3,4)5)31-28(36)21-9-11-23(12-10-21)33-16-14-32(13-7-2)15-17-33/h9-12,22,24,26-27H,6-8,13-20H2,1-5H3,(H,31,36)/t22-,24?,26-,27-/m1/s1. The molecular weight excluding hydrogens is 480 g/mol. The summed E-state index contributed by atoms with van der Waals surface area (Å²) in [4.78, 5) is 46.4. The van der Waals surface area contributed by atoms with Crippen LogP contribution in [0.3, 0.4) is 0 Å². The third kappa shape index (κ3) is 6.57. The molecule has 0 aliphatic carbocycles. The molecule has 1 aromatic carbocycles. The largest absolute Gasteiger partial charge is 0.369 e. The monoisotopic (exact) mass is 526 g/mol. The van der Waals surface area contributed by atoms with E-state index in [0.717, 1.165) is 51.3 Å². The van der Waals surface area contributed by atoms with Crippen molar-refractivity contribution in [2.24, 2.45) is 11.3 Å². The third-order valence-electron chi connectivity index (χ3n) is 8.06. The molecule has 8 heteroatoms. The van der Waals surface area contributed by atoms with Gasteiger partial charge in [0.2, 0.25) is 5.91 Å². The normalized spacial score (nSPS) is 25.0. The van der Waals surface area contributed by atoms with Gasteiger partial charge >= 0.3 is 0 Å². The average molecular weight is 527 g/mol. The highest BCUT2D eigenvalue weighted by Gasteiger charge is 2.52. The molecule has 3 heterocycles. The van der Waals surface area contributed by atoms with E-state index in [0.29, 0.717) is 18.5 Å². The number of nitrogens with one attached hydrogen (secondary N) is 1. The summed E-state index contributed by atoms with van der Waals surface area (Å²) in [5.74, 6) is -0.319. The summed E-state index contributed by atoms with van der Waals surface area (Å²) in [6, 6.07) is 6.46. The van der Waals surface area contributed by atoms with Gasteiger partial charge < -0.3 is 19.9 Å². The zero-order chi connectivity index (χ0) is 27.4. The van der Waals surface area contributed by atoms with Gasteiger partial charge in [-0.2, -0.15) is 0 Å². The average Bonchev–Trinajstić information content (AvgIpc) is 3.44. The van der Waals surface area contributed by atoms with Crippen LogP contribution in [0.4, 0.5) is 5.69 Å². The molecule has 210 valence electrons. The SMILES string of the molecule is CCC[C@@H]1CN(C(=O)C(CC(C)(C)C)NC(=O)c2ccc(N3CCN(CCC)CC3)cc2)[C@@H]2C(=O)CO[C@H]12. The van der Waals surface area contributed by atoms with Crippen LogP contribution in [0.15, 0.2) is 24.3 Å². The number of amides is 2. The smallest absolute Gasteiger partial charge is 0.251 e. The summed E-state index contributed by atoms with van der Waals surface area (Å²) in [5.41, 5.74) is 1.47. The zero-order valence-electron chi connectivity index (χ0n) is 23.9. The van der Waals surface area contributed by atoms with Crippen molar-refractivity contribution in [3.05, 3.63) is 29.8 Å². The fourth-order valence-electron chi connectivity index (χ4n) is 6.23. The lowest BCUT2D eigenvalue weighted by Crippen LogP contribution is -2.53. The zero-order valence-corrected chi connectivity index (χ0v) is 23.9. The number of Topliss-reactive ketones (excluding diaryl/α,β-unsaturated/α-hetero) is 1. The lowest BCUT2D eigenvalue weighted by atomic mass is 9.87. The number of carbonyl (C=O) groups excluding carboxylic acids is 3. The van der Waals surface area contributed by atoms with E-state index in [1.54, 1.807) is 4.90 Å². The van der Waals surface area contributed by atoms with Crippen LogP contribution in [0, 0.1) is 11.3 Å². The first-order valence-corrected chi connectivity index (χ1v) is 14.4. The van der Waals surface area contributed by atoms with Gasteiger partial charge in [0.05, 0.1) is 6.10 Å². The number of anilines is 1. The summed E-state index contributed by atoms with van der Waals surface area (Å²) < 4.78 is 5.81. The Bertz CT molecular complexity index is 981. The second-order valence-electron chi connectivity index (χ2n) is 12.4. The van der Waals surface area contributed by atoms with Gasteiger partial charge in [-0.05, 0) is 55.5 Å². The van der Waals surface area contributed by atoms with Crippen LogP contribution in [-0.4, -0.2) is 91.5 Å². The molecule has 0 aromatic heterocycles. The molecule has 1 N–H and O–H groups in total. The maximum absolute atomic E-state index is 13.9. The molecule has 3 aliphatic rings. The first-order valence-electron chi connectivity index (χ1n) is 14.4. The molecule has 0 saturated carbocycles. The first kappa shape index (κ1) is 28.6. The highest BCUT2D eigenvalue weighted by atomic mass is 16.5. The molecule has 3 aliphatic heterocycles. The minimum absolute atomic E-state index is 0.0334. The van der Waals surface area contributed by atoms with Crippen LogP contribution in [-0.2, 0) is 14.3 Å². The Balaban J connectivity index is 1.44. The molecule has 38 heavy (non-hydrogen) atoms. The van der Waals surface area contributed by atoms with Crippen molar-refractivity contribution in [2.75, 3.05) is 50.8 Å². The molecule has 1 aromatic rings. The van der Waals surface area contributed by atoms with Gasteiger partial charge in [0.1, 0.15) is 18.7 Å². The van der Waals surface area contributed by atoms with Crippen LogP contribution >= 0.6 is 0 Å². The van der Waals surface area contributed by atoms with E-state index in [4.69, 9.17) is 4.74 Å². The number of ether oxygens (including phenoxy) is 1. The molecule has 3 saturated heterocycles. The Morgan fingerprint density at radius 3 is 2.34 bits per heavy atom. The molecular formula is C30H46N4O4. The van der Waals surface area contributed by atoms with Crippen LogP contribution in [0.2, 0.25) is 0 Å². The highest BCUT2D eigenvalue weighted by Crippen LogP contribution is 2.35. The number of piperazine rings is 1. The minimum atomic E-state index is -0.705. The highest BCUT2D eigenvalue weighted by molar-refractivity contribution is 5.99. The molecule has 2 amide bonds. The van der Waals surface area contributed by atoms with E-state index in [-0.39, 0.29) is 41.6 Å². The predicted octanol–water partition coefficient (Wildman–Crippen LogP) is 3.35. The van der Waals surface area contributed by atoms with Gasteiger partial charge in [-0.1, -0.05) is 41.0 Å². The van der Waals surface area contributed by atoms with Crippen LogP contribution < -0.4 is 10.2 Å². The summed E-state index contributed by atoms with van der Waals surface area (Å²) in [5, 5.41) is 3.02. The second kappa shape index (κ2) is 12.2. The van der Waals surface area contributed by atoms with E-state index in [1.165, 1.54) is 6.42 Å². The number of hydrogen-bond acceptors (Lipinski definition) is 6. The summed E-state index contributed by atoms with van der Waals surface area (Å²) in [6.07, 6.45) is 3.31. The van der Waals surface area contributed by atoms with E-state index in [1.807, 2.05) is 24.3 Å². The molecule has 0 spiro atoms. The molecule has 4 rings (SSSR count). The van der Waals surface area contributed by atoms with Gasteiger partial charge in [0.25, 0.3) is 5.91 Å². The maximum Gasteiger partial charge on any atom is 0.251 e. The predicted molar refractivity (Wildman–Crippen MR) is 149 cm³/mol. The van der Waals surface area contributed by atoms with Gasteiger partial charge in [-0.25, -0.2) is 0 Å². The number of hydrogen-bond donors (Lipinski definition) is 1. The first-order chi connectivity index (χ1) is 18.1. The summed E-state index contributed by atoms with van der Waals surface area (Å²) in [7, 11) is 0. The van der Waals surface area contributed by atoms with Crippen molar-refractivity contribution >= 4 is 23.3 Å². The number of likely N-dealkylation sites (tertiary alicyclic amines) is 1. The summed E-state index contributed by atoms with van der Waals surface area (Å²) in [6.45, 7) is 16.3. The van der Waals surface area contributed by atoms with Crippen LogP contribution in [0.5, 0.6) is 0 Å². The Labute approximate surface area is 228 Å². The van der Waals surface area contributed by atoms with E-state index < -0.39 is 12.1 Å². The molecule has 3 fully saturated rings. The fraction of sp³-hybridized carbons (Fsp3) is 0.700. The van der Waals surface area contributed by atoms with Crippen molar-refractivity contribution in [3.8, 4) is 0 Å². The number of ketones is 1. The van der Waals surface area contributed by atoms with Crippen molar-refractivity contribution in [2.45, 2.75) is 78.5 Å². The van der Waals surface area contributed by atoms with E-state index >= 15 is 0 Å². The Kier molecular flexibility index (Phi) is 9.14. The van der Waals surface area contributed by atoms with Crippen LogP contribution in [0.25, 0.3) is 0 Å². The molecule has 0 bridgehead atoms. The lowest BCUT2D eigenvalue weighted by Gasteiger charge is -2.36. The van der Waals surface area contributed by atoms with E-state index in [9.17, 15) is 14.4 Å². The van der Waals surface area contributed by atoms with Gasteiger partial charge in [0, 0.05) is 49.9 Å². The van der Waals surface area contributed by atoms with Crippen LogP contribution in [0.1, 0.15) is 70.7 Å². The number of fused-ring (bicyclic) bond motifs is 1. The number of rotatable bonds is 9. The quantitative estimate of drug-likeness (QED) is 0.532. The van der Waals surface area contributed by atoms with E-state index in [2.05, 4.69) is 49.7 Å². The topological polar surface area (TPSA) is 82.2 Å². The minimum Gasteiger partial charge on any atom is -0.369 e. The molecule has 4 atom stereocenters. The van der Waals surface area contributed by atoms with Crippen molar-refractivity contribution in [1.29, 1.82) is 0 Å².